The Hall–Kier alpha value is -5.23. The van der Waals surface area contributed by atoms with E-state index >= 15 is 0 Å². The Morgan fingerprint density at radius 2 is 1.53 bits per heavy atom. The van der Waals surface area contributed by atoms with E-state index in [1.54, 1.807) is 49.6 Å². The number of methoxy groups -OCH3 is 1. The van der Waals surface area contributed by atoms with Crippen molar-refractivity contribution in [3.05, 3.63) is 84.4 Å². The van der Waals surface area contributed by atoms with Crippen molar-refractivity contribution in [3.8, 4) is 23.0 Å². The van der Waals surface area contributed by atoms with E-state index in [9.17, 15) is 14.4 Å². The minimum Gasteiger partial charge on any atom is -0.497 e. The summed E-state index contributed by atoms with van der Waals surface area (Å²) in [5.41, 5.74) is 5.56. The number of anilines is 1. The number of carbonyl (C=O) groups is 3. The van der Waals surface area contributed by atoms with Crippen LogP contribution in [0.15, 0.2) is 78.4 Å². The normalized spacial score (nSPS) is 15.3. The number of hydrazone groups is 1. The molecule has 0 saturated heterocycles. The molecule has 4 aromatic rings. The summed E-state index contributed by atoms with van der Waals surface area (Å²) < 4.78 is 29.4. The zero-order valence-corrected chi connectivity index (χ0v) is 36.3. The van der Waals surface area contributed by atoms with Gasteiger partial charge in [0.25, 0.3) is 0 Å². The molecule has 1 aromatic heterocycles. The summed E-state index contributed by atoms with van der Waals surface area (Å²) in [5.74, 6) is 1.46. The first-order valence-corrected chi connectivity index (χ1v) is 22.5. The predicted octanol–water partition coefficient (Wildman–Crippen LogP) is 11.9. The maximum Gasteiger partial charge on any atom is 0.343 e. The van der Waals surface area contributed by atoms with Crippen LogP contribution < -0.4 is 24.4 Å². The minimum atomic E-state index is -0.539. The molecule has 1 aliphatic rings. The van der Waals surface area contributed by atoms with Gasteiger partial charge in [-0.2, -0.15) is 5.10 Å². The summed E-state index contributed by atoms with van der Waals surface area (Å²) in [7, 11) is 1.64. The number of benzene rings is 3. The number of hydrogen-bond acceptors (Lipinski definition) is 12. The summed E-state index contributed by atoms with van der Waals surface area (Å²) in [5, 5.41) is 5.48. The Labute approximate surface area is 358 Å². The zero-order valence-electron chi connectivity index (χ0n) is 35.5. The van der Waals surface area contributed by atoms with E-state index in [0.717, 1.165) is 93.0 Å². The minimum absolute atomic E-state index is 0.141. The maximum atomic E-state index is 13.7. The van der Waals surface area contributed by atoms with E-state index in [1.807, 2.05) is 18.2 Å². The quantitative estimate of drug-likeness (QED) is 0.0172. The van der Waals surface area contributed by atoms with Gasteiger partial charge in [-0.15, -0.1) is 0 Å². The average molecular weight is 840 g/mol. The zero-order chi connectivity index (χ0) is 42.5. The van der Waals surface area contributed by atoms with Crippen molar-refractivity contribution in [2.24, 2.45) is 16.9 Å². The second kappa shape index (κ2) is 24.8. The highest BCUT2D eigenvalue weighted by molar-refractivity contribution is 7.22. The van der Waals surface area contributed by atoms with Gasteiger partial charge < -0.3 is 23.7 Å². The lowest BCUT2D eigenvalue weighted by Crippen LogP contribution is -2.25. The van der Waals surface area contributed by atoms with Crippen LogP contribution in [0.3, 0.4) is 0 Å². The van der Waals surface area contributed by atoms with Crippen molar-refractivity contribution in [1.29, 1.82) is 0 Å². The first-order chi connectivity index (χ1) is 29.3. The first kappa shape index (κ1) is 45.8. The van der Waals surface area contributed by atoms with E-state index in [1.165, 1.54) is 36.7 Å². The standard InChI is InChI=1S/C48H61N3O8S/c1-5-8-10-13-17-41(50-51-48-49-42-28-26-38(55-4)33-44(42)60-48)40-32-39(58-46(53)35-20-18-34(19-21-35)16-9-6-2)27-29-43(40)59-47(54)36-22-24-37(25-23-36)56-30-14-11-12-15-31-57-45(52)7-3/h7,22-29,32-35H,3,5-6,8-21,30-31H2,1-2,4H3,(H,49,51). The number of fused-ring (bicyclic) bond motifs is 1. The Kier molecular flexibility index (Phi) is 18.9. The third kappa shape index (κ3) is 14.5. The lowest BCUT2D eigenvalue weighted by atomic mass is 9.80. The van der Waals surface area contributed by atoms with E-state index in [2.05, 4.69) is 25.9 Å². The fourth-order valence-corrected chi connectivity index (χ4v) is 8.09. The monoisotopic (exact) mass is 839 g/mol. The maximum absolute atomic E-state index is 13.7. The number of thiazole rings is 1. The number of aromatic nitrogens is 1. The van der Waals surface area contributed by atoms with Gasteiger partial charge >= 0.3 is 17.9 Å². The first-order valence-electron chi connectivity index (χ1n) is 21.7. The topological polar surface area (TPSA) is 135 Å². The molecule has 0 radical (unpaired) electrons. The Morgan fingerprint density at radius 1 is 0.817 bits per heavy atom. The van der Waals surface area contributed by atoms with Gasteiger partial charge in [-0.3, -0.25) is 10.2 Å². The number of rotatable bonds is 25. The van der Waals surface area contributed by atoms with Gasteiger partial charge in [-0.05, 0) is 131 Å². The molecule has 0 spiro atoms. The van der Waals surface area contributed by atoms with Crippen LogP contribution in [0, 0.1) is 11.8 Å². The average Bonchev–Trinajstić information content (AvgIpc) is 3.69. The van der Waals surface area contributed by atoms with Crippen molar-refractivity contribution < 1.29 is 38.1 Å². The molecule has 1 aliphatic carbocycles. The molecule has 1 saturated carbocycles. The van der Waals surface area contributed by atoms with Crippen LogP contribution in [0.5, 0.6) is 23.0 Å². The molecule has 0 atom stereocenters. The van der Waals surface area contributed by atoms with Gasteiger partial charge in [-0.25, -0.2) is 14.6 Å². The molecule has 322 valence electrons. The Morgan fingerprint density at radius 3 is 2.27 bits per heavy atom. The van der Waals surface area contributed by atoms with Crippen LogP contribution in [-0.4, -0.2) is 48.9 Å². The van der Waals surface area contributed by atoms with Crippen molar-refractivity contribution in [2.75, 3.05) is 25.7 Å². The molecule has 12 heteroatoms. The van der Waals surface area contributed by atoms with Crippen molar-refractivity contribution in [2.45, 2.75) is 117 Å². The number of hydrogen-bond donors (Lipinski definition) is 1. The summed E-state index contributed by atoms with van der Waals surface area (Å²) in [6.45, 7) is 8.69. The molecule has 0 bridgehead atoms. The van der Waals surface area contributed by atoms with Gasteiger partial charge in [0.05, 0.1) is 47.7 Å². The van der Waals surface area contributed by atoms with Gasteiger partial charge in [-0.1, -0.05) is 70.3 Å². The highest BCUT2D eigenvalue weighted by Crippen LogP contribution is 2.35. The second-order valence-corrected chi connectivity index (χ2v) is 16.4. The van der Waals surface area contributed by atoms with E-state index in [4.69, 9.17) is 33.8 Å². The predicted molar refractivity (Wildman–Crippen MR) is 239 cm³/mol. The molecule has 11 nitrogen and oxygen atoms in total. The molecule has 1 heterocycles. The smallest absolute Gasteiger partial charge is 0.343 e. The van der Waals surface area contributed by atoms with E-state index < -0.39 is 11.9 Å². The molecule has 3 aromatic carbocycles. The van der Waals surface area contributed by atoms with Crippen LogP contribution in [0.1, 0.15) is 133 Å². The molecule has 0 aliphatic heterocycles. The van der Waals surface area contributed by atoms with Crippen molar-refractivity contribution in [1.82, 2.24) is 4.98 Å². The summed E-state index contributed by atoms with van der Waals surface area (Å²) in [6.07, 6.45) is 16.7. The summed E-state index contributed by atoms with van der Waals surface area (Å²) in [6, 6.07) is 17.7. The third-order valence-electron chi connectivity index (χ3n) is 10.8. The van der Waals surface area contributed by atoms with E-state index in [0.29, 0.717) is 64.8 Å². The molecule has 1 fully saturated rings. The molecule has 5 rings (SSSR count). The van der Waals surface area contributed by atoms with E-state index in [-0.39, 0.29) is 11.9 Å². The number of ether oxygens (including phenoxy) is 5. The molecular formula is C48H61N3O8S. The highest BCUT2D eigenvalue weighted by atomic mass is 32.1. The Bertz CT molecular complexity index is 2020. The van der Waals surface area contributed by atoms with Crippen LogP contribution in [-0.2, 0) is 14.3 Å². The summed E-state index contributed by atoms with van der Waals surface area (Å²) in [4.78, 5) is 43.1. The largest absolute Gasteiger partial charge is 0.497 e. The van der Waals surface area contributed by atoms with Crippen molar-refractivity contribution in [3.63, 3.8) is 0 Å². The summed E-state index contributed by atoms with van der Waals surface area (Å²) >= 11 is 1.46. The molecule has 0 unspecified atom stereocenters. The van der Waals surface area contributed by atoms with Crippen LogP contribution in [0.4, 0.5) is 5.13 Å². The Balaban J connectivity index is 1.32. The third-order valence-corrected chi connectivity index (χ3v) is 11.7. The fourth-order valence-electron chi connectivity index (χ4n) is 7.26. The molecule has 1 N–H and O–H groups in total. The number of carbonyl (C=O) groups excluding carboxylic acids is 3. The molecule has 60 heavy (non-hydrogen) atoms. The molecule has 0 amide bonds. The molecular weight excluding hydrogens is 779 g/mol. The van der Waals surface area contributed by atoms with Gasteiger partial charge in [0.2, 0.25) is 5.13 Å². The lowest BCUT2D eigenvalue weighted by Gasteiger charge is -2.27. The SMILES string of the molecule is C=CC(=O)OCCCCCCOc1ccc(C(=O)Oc2ccc(OC(=O)C3CCC(CCCC)CC3)cc2C(CCCCCC)=NNc2nc3ccc(OC)cc3s2)cc1. The van der Waals surface area contributed by atoms with Gasteiger partial charge in [0.15, 0.2) is 0 Å². The van der Waals surface area contributed by atoms with Crippen LogP contribution >= 0.6 is 11.3 Å². The fraction of sp³-hybridized carbons (Fsp3) is 0.479. The number of nitrogens with zero attached hydrogens (tertiary/aromatic N) is 2. The number of unbranched alkanes of at least 4 members (excludes halogenated alkanes) is 7. The van der Waals surface area contributed by atoms with Gasteiger partial charge in [0, 0.05) is 11.6 Å². The second-order valence-electron chi connectivity index (χ2n) is 15.3. The highest BCUT2D eigenvalue weighted by Gasteiger charge is 2.28. The van der Waals surface area contributed by atoms with Crippen LogP contribution in [0.25, 0.3) is 10.2 Å². The number of nitrogens with one attached hydrogen (secondary N) is 1. The number of esters is 3. The lowest BCUT2D eigenvalue weighted by molar-refractivity contribution is -0.140. The van der Waals surface area contributed by atoms with Crippen LogP contribution in [0.2, 0.25) is 0 Å². The van der Waals surface area contributed by atoms with Gasteiger partial charge in [0.1, 0.15) is 23.0 Å². The van der Waals surface area contributed by atoms with Crippen molar-refractivity contribution >= 4 is 50.3 Å².